The number of rotatable bonds is 7. The number of carbonyl (C=O) groups excluding carboxylic acids is 3. The lowest BCUT2D eigenvalue weighted by molar-refractivity contribution is -0.140. The summed E-state index contributed by atoms with van der Waals surface area (Å²) in [5, 5.41) is 2.71. The van der Waals surface area contributed by atoms with E-state index in [1.165, 1.54) is 31.2 Å². The number of hydrogen-bond donors (Lipinski definition) is 1. The molecule has 0 heterocycles. The van der Waals surface area contributed by atoms with Gasteiger partial charge in [-0.15, -0.1) is 0 Å². The van der Waals surface area contributed by atoms with Gasteiger partial charge in [0, 0.05) is 19.0 Å². The summed E-state index contributed by atoms with van der Waals surface area (Å²) in [6.07, 6.45) is 0.360. The fourth-order valence-corrected chi connectivity index (χ4v) is 3.33. The largest absolute Gasteiger partial charge is 0.449 e. The minimum Gasteiger partial charge on any atom is -0.449 e. The fourth-order valence-electron chi connectivity index (χ4n) is 2.60. The van der Waals surface area contributed by atoms with Crippen molar-refractivity contribution in [3.63, 3.8) is 0 Å². The summed E-state index contributed by atoms with van der Waals surface area (Å²) in [4.78, 5) is 38.5. The van der Waals surface area contributed by atoms with E-state index in [4.69, 9.17) is 4.74 Å². The van der Waals surface area contributed by atoms with E-state index in [2.05, 4.69) is 5.32 Å². The van der Waals surface area contributed by atoms with Crippen molar-refractivity contribution in [2.45, 2.75) is 24.8 Å². The first-order chi connectivity index (χ1) is 13.7. The maximum Gasteiger partial charge on any atom is 0.340 e. The van der Waals surface area contributed by atoms with Crippen LogP contribution in [0.1, 0.15) is 22.8 Å². The highest BCUT2D eigenvalue weighted by Crippen LogP contribution is 2.15. The number of aryl methyl sites for hydroxylation is 1. The molecule has 0 aliphatic carbocycles. The Labute approximate surface area is 172 Å². The fraction of sp³-hybridized carbons (Fsp3) is 0.286. The highest BCUT2D eigenvalue weighted by Gasteiger charge is 2.25. The molecule has 0 radical (unpaired) electrons. The molecule has 29 heavy (non-hydrogen) atoms. The van der Waals surface area contributed by atoms with Gasteiger partial charge in [-0.1, -0.05) is 29.8 Å². The third kappa shape index (κ3) is 6.25. The Bertz CT molecular complexity index is 927. The van der Waals surface area contributed by atoms with Gasteiger partial charge in [0.25, 0.3) is 5.91 Å². The highest BCUT2D eigenvalue weighted by molar-refractivity contribution is 7.84. The first-order valence-electron chi connectivity index (χ1n) is 8.94. The summed E-state index contributed by atoms with van der Waals surface area (Å²) < 4.78 is 17.0. The van der Waals surface area contributed by atoms with Crippen molar-refractivity contribution in [2.24, 2.45) is 0 Å². The Morgan fingerprint density at radius 1 is 1.10 bits per heavy atom. The molecule has 0 fully saturated rings. The summed E-state index contributed by atoms with van der Waals surface area (Å²) in [6, 6.07) is 13.6. The Hall–Kier alpha value is -3.00. The molecule has 0 spiro atoms. The zero-order valence-electron chi connectivity index (χ0n) is 16.8. The van der Waals surface area contributed by atoms with Gasteiger partial charge < -0.3 is 15.0 Å². The normalized spacial score (nSPS) is 12.6. The van der Waals surface area contributed by atoms with Gasteiger partial charge in [0.2, 0.25) is 5.91 Å². The van der Waals surface area contributed by atoms with Crippen LogP contribution in [-0.4, -0.2) is 52.8 Å². The van der Waals surface area contributed by atoms with Crippen molar-refractivity contribution in [1.29, 1.82) is 0 Å². The molecule has 2 aromatic rings. The van der Waals surface area contributed by atoms with Crippen LogP contribution in [0.3, 0.4) is 0 Å². The number of hydrogen-bond acceptors (Lipinski definition) is 5. The van der Waals surface area contributed by atoms with Crippen molar-refractivity contribution in [3.8, 4) is 0 Å². The van der Waals surface area contributed by atoms with Crippen molar-refractivity contribution in [3.05, 3.63) is 59.7 Å². The minimum absolute atomic E-state index is 0.146. The number of ether oxygens (including phenoxy) is 1. The van der Waals surface area contributed by atoms with E-state index in [0.29, 0.717) is 10.6 Å². The second kappa shape index (κ2) is 9.97. The number of likely N-dealkylation sites (N-methyl/N-ethyl adjacent to an activating group) is 1. The first-order valence-corrected chi connectivity index (χ1v) is 10.5. The van der Waals surface area contributed by atoms with Crippen LogP contribution in [0, 0.1) is 6.92 Å². The molecule has 2 atom stereocenters. The topological polar surface area (TPSA) is 92.8 Å². The van der Waals surface area contributed by atoms with Crippen molar-refractivity contribution in [2.75, 3.05) is 25.2 Å². The minimum atomic E-state index is -1.37. The molecule has 2 amide bonds. The Morgan fingerprint density at radius 3 is 2.34 bits per heavy atom. The SMILES string of the molecule is Cc1ccc(NC(=O)CN(C)C(=O)[C@H](C)OC(=O)c2ccccc2[S@@](C)=O)cc1. The van der Waals surface area contributed by atoms with E-state index in [9.17, 15) is 18.6 Å². The van der Waals surface area contributed by atoms with E-state index >= 15 is 0 Å². The molecular formula is C21H24N2O5S. The predicted octanol–water partition coefficient (Wildman–Crippen LogP) is 2.37. The highest BCUT2D eigenvalue weighted by atomic mass is 32.2. The molecule has 0 bridgehead atoms. The van der Waals surface area contributed by atoms with Crippen LogP contribution in [0.5, 0.6) is 0 Å². The summed E-state index contributed by atoms with van der Waals surface area (Å²) in [6.45, 7) is 3.18. The van der Waals surface area contributed by atoms with E-state index in [1.54, 1.807) is 30.3 Å². The number of nitrogens with zero attached hydrogens (tertiary/aromatic N) is 1. The zero-order chi connectivity index (χ0) is 21.6. The van der Waals surface area contributed by atoms with Gasteiger partial charge in [0.15, 0.2) is 6.10 Å². The second-order valence-electron chi connectivity index (χ2n) is 6.61. The Balaban J connectivity index is 1.95. The molecule has 7 nitrogen and oxygen atoms in total. The summed E-state index contributed by atoms with van der Waals surface area (Å²) in [5.74, 6) is -1.63. The standard InChI is InChI=1S/C21H24N2O5S/c1-14-9-11-16(12-10-14)22-19(24)13-23(3)20(25)15(2)28-21(26)17-7-5-6-8-18(17)29(4)27/h5-12,15H,13H2,1-4H3,(H,22,24)/t15-,29+/m0/s1. The Morgan fingerprint density at radius 2 is 1.72 bits per heavy atom. The van der Waals surface area contributed by atoms with Crippen LogP contribution < -0.4 is 5.32 Å². The van der Waals surface area contributed by atoms with Crippen LogP contribution in [0.4, 0.5) is 5.69 Å². The zero-order valence-corrected chi connectivity index (χ0v) is 17.6. The second-order valence-corrected chi connectivity index (χ2v) is 7.95. The molecule has 0 saturated carbocycles. The molecular weight excluding hydrogens is 392 g/mol. The molecule has 0 aromatic heterocycles. The third-order valence-electron chi connectivity index (χ3n) is 4.14. The molecule has 2 rings (SSSR count). The molecule has 0 aliphatic heterocycles. The quantitative estimate of drug-likeness (QED) is 0.700. The summed E-state index contributed by atoms with van der Waals surface area (Å²) in [7, 11) is 0.0814. The van der Waals surface area contributed by atoms with E-state index in [-0.39, 0.29) is 18.0 Å². The van der Waals surface area contributed by atoms with Gasteiger partial charge in [-0.05, 0) is 38.1 Å². The third-order valence-corrected chi connectivity index (χ3v) is 5.12. The van der Waals surface area contributed by atoms with Gasteiger partial charge in [0.1, 0.15) is 0 Å². The van der Waals surface area contributed by atoms with Crippen molar-refractivity contribution >= 4 is 34.3 Å². The monoisotopic (exact) mass is 416 g/mol. The number of nitrogens with one attached hydrogen (secondary N) is 1. The van der Waals surface area contributed by atoms with Crippen LogP contribution in [0.25, 0.3) is 0 Å². The maximum absolute atomic E-state index is 12.5. The van der Waals surface area contributed by atoms with Crippen LogP contribution in [0.2, 0.25) is 0 Å². The smallest absolute Gasteiger partial charge is 0.340 e. The molecule has 0 aliphatic rings. The van der Waals surface area contributed by atoms with Crippen molar-refractivity contribution in [1.82, 2.24) is 4.90 Å². The van der Waals surface area contributed by atoms with Gasteiger partial charge in [-0.25, -0.2) is 4.79 Å². The van der Waals surface area contributed by atoms with Crippen LogP contribution >= 0.6 is 0 Å². The van der Waals surface area contributed by atoms with Gasteiger partial charge >= 0.3 is 5.97 Å². The molecule has 8 heteroatoms. The number of esters is 1. The lowest BCUT2D eigenvalue weighted by Crippen LogP contribution is -2.41. The molecule has 2 aromatic carbocycles. The lowest BCUT2D eigenvalue weighted by atomic mass is 10.2. The van der Waals surface area contributed by atoms with E-state index in [0.717, 1.165) is 5.56 Å². The van der Waals surface area contributed by atoms with Gasteiger partial charge in [-0.2, -0.15) is 0 Å². The lowest BCUT2D eigenvalue weighted by Gasteiger charge is -2.21. The average molecular weight is 416 g/mol. The van der Waals surface area contributed by atoms with Crippen LogP contribution in [0.15, 0.2) is 53.4 Å². The molecule has 1 N–H and O–H groups in total. The average Bonchev–Trinajstić information content (AvgIpc) is 2.68. The van der Waals surface area contributed by atoms with Gasteiger partial charge in [-0.3, -0.25) is 13.8 Å². The number of amides is 2. The number of benzene rings is 2. The molecule has 0 unspecified atom stereocenters. The van der Waals surface area contributed by atoms with Gasteiger partial charge in [0.05, 0.1) is 27.8 Å². The van der Waals surface area contributed by atoms with E-state index < -0.39 is 28.8 Å². The number of carbonyl (C=O) groups is 3. The first kappa shape index (κ1) is 22.3. The Kier molecular flexibility index (Phi) is 7.67. The molecule has 0 saturated heterocycles. The maximum atomic E-state index is 12.5. The number of anilines is 1. The van der Waals surface area contributed by atoms with Crippen molar-refractivity contribution < 1.29 is 23.3 Å². The van der Waals surface area contributed by atoms with E-state index in [1.807, 2.05) is 19.1 Å². The summed E-state index contributed by atoms with van der Waals surface area (Å²) >= 11 is 0. The summed E-state index contributed by atoms with van der Waals surface area (Å²) in [5.41, 5.74) is 1.84. The molecule has 154 valence electrons. The van der Waals surface area contributed by atoms with Crippen LogP contribution in [-0.2, 0) is 25.1 Å². The predicted molar refractivity (Wildman–Crippen MR) is 111 cm³/mol.